The van der Waals surface area contributed by atoms with E-state index < -0.39 is 6.10 Å². The van der Waals surface area contributed by atoms with Crippen LogP contribution >= 0.6 is 27.5 Å². The number of aryl methyl sites for hydroxylation is 1. The summed E-state index contributed by atoms with van der Waals surface area (Å²) in [5.41, 5.74) is 2.95. The van der Waals surface area contributed by atoms with Crippen molar-refractivity contribution in [2.75, 3.05) is 0 Å². The van der Waals surface area contributed by atoms with Gasteiger partial charge in [0.1, 0.15) is 0 Å². The van der Waals surface area contributed by atoms with Gasteiger partial charge in [0.2, 0.25) is 0 Å². The highest BCUT2D eigenvalue weighted by atomic mass is 79.9. The summed E-state index contributed by atoms with van der Waals surface area (Å²) in [4.78, 5) is 0. The summed E-state index contributed by atoms with van der Waals surface area (Å²) in [5, 5.41) is 10.9. The van der Waals surface area contributed by atoms with Gasteiger partial charge in [-0.1, -0.05) is 51.8 Å². The minimum Gasteiger partial charge on any atom is -0.388 e. The van der Waals surface area contributed by atoms with Crippen molar-refractivity contribution in [3.63, 3.8) is 0 Å². The number of halogens is 2. The molecule has 0 heterocycles. The summed E-state index contributed by atoms with van der Waals surface area (Å²) in [7, 11) is 0. The highest BCUT2D eigenvalue weighted by Gasteiger charge is 2.12. The second kappa shape index (κ2) is 5.87. The number of rotatable bonds is 3. The molecule has 2 rings (SSSR count). The molecule has 3 heteroatoms. The third kappa shape index (κ3) is 3.35. The van der Waals surface area contributed by atoms with Crippen LogP contribution < -0.4 is 0 Å². The van der Waals surface area contributed by atoms with Gasteiger partial charge in [0.05, 0.1) is 6.10 Å². The first-order valence-corrected chi connectivity index (χ1v) is 6.92. The first-order valence-electron chi connectivity index (χ1n) is 5.75. The fourth-order valence-corrected chi connectivity index (χ4v) is 2.71. The van der Waals surface area contributed by atoms with Gasteiger partial charge in [-0.2, -0.15) is 0 Å². The molecule has 0 spiro atoms. The Morgan fingerprint density at radius 3 is 2.67 bits per heavy atom. The van der Waals surface area contributed by atoms with Gasteiger partial charge >= 0.3 is 0 Å². The zero-order valence-electron chi connectivity index (χ0n) is 10.0. The van der Waals surface area contributed by atoms with E-state index in [1.54, 1.807) is 0 Å². The summed E-state index contributed by atoms with van der Waals surface area (Å²) in [5.74, 6) is 0. The monoisotopic (exact) mass is 324 g/mol. The molecule has 94 valence electrons. The quantitative estimate of drug-likeness (QED) is 0.868. The van der Waals surface area contributed by atoms with Crippen LogP contribution in [0.15, 0.2) is 46.9 Å². The lowest BCUT2D eigenvalue weighted by Crippen LogP contribution is -2.02. The van der Waals surface area contributed by atoms with Crippen LogP contribution in [0, 0.1) is 6.92 Å². The molecule has 0 bridgehead atoms. The third-order valence-electron chi connectivity index (χ3n) is 2.83. The van der Waals surface area contributed by atoms with E-state index >= 15 is 0 Å². The Kier molecular flexibility index (Phi) is 4.44. The van der Waals surface area contributed by atoms with Gasteiger partial charge in [-0.05, 0) is 41.8 Å². The Morgan fingerprint density at radius 1 is 1.22 bits per heavy atom. The van der Waals surface area contributed by atoms with Gasteiger partial charge in [0.25, 0.3) is 0 Å². The van der Waals surface area contributed by atoms with Crippen LogP contribution in [0.5, 0.6) is 0 Å². The predicted molar refractivity (Wildman–Crippen MR) is 79.0 cm³/mol. The van der Waals surface area contributed by atoms with E-state index in [0.29, 0.717) is 11.4 Å². The van der Waals surface area contributed by atoms with E-state index in [0.717, 1.165) is 21.2 Å². The lowest BCUT2D eigenvalue weighted by molar-refractivity contribution is 0.178. The van der Waals surface area contributed by atoms with Gasteiger partial charge in [0, 0.05) is 15.9 Å². The summed E-state index contributed by atoms with van der Waals surface area (Å²) >= 11 is 9.58. The Bertz CT molecular complexity index is 554. The SMILES string of the molecule is Cc1ccc(C(O)Cc2cccc(Br)c2)c(Cl)c1. The van der Waals surface area contributed by atoms with Crippen LogP contribution in [-0.2, 0) is 6.42 Å². The van der Waals surface area contributed by atoms with Crippen LogP contribution in [-0.4, -0.2) is 5.11 Å². The Hall–Kier alpha value is -0.830. The normalized spacial score (nSPS) is 12.4. The highest BCUT2D eigenvalue weighted by Crippen LogP contribution is 2.27. The second-order valence-electron chi connectivity index (χ2n) is 4.37. The van der Waals surface area contributed by atoms with Crippen molar-refractivity contribution in [2.24, 2.45) is 0 Å². The number of aliphatic hydroxyl groups is 1. The van der Waals surface area contributed by atoms with Crippen LogP contribution in [0.3, 0.4) is 0 Å². The molecule has 18 heavy (non-hydrogen) atoms. The predicted octanol–water partition coefficient (Wildman–Crippen LogP) is 4.69. The first-order chi connectivity index (χ1) is 8.56. The maximum Gasteiger partial charge on any atom is 0.0844 e. The zero-order chi connectivity index (χ0) is 13.1. The van der Waals surface area contributed by atoms with Crippen molar-refractivity contribution >= 4 is 27.5 Å². The number of benzene rings is 2. The molecule has 0 aliphatic carbocycles. The Labute approximate surface area is 121 Å². The van der Waals surface area contributed by atoms with E-state index in [4.69, 9.17) is 11.6 Å². The van der Waals surface area contributed by atoms with E-state index in [9.17, 15) is 5.11 Å². The molecule has 1 unspecified atom stereocenters. The van der Waals surface area contributed by atoms with E-state index in [1.165, 1.54) is 0 Å². The average molecular weight is 326 g/mol. The van der Waals surface area contributed by atoms with Gasteiger partial charge in [-0.25, -0.2) is 0 Å². The van der Waals surface area contributed by atoms with Crippen molar-refractivity contribution in [3.05, 3.63) is 68.7 Å². The molecular formula is C15H14BrClO. The third-order valence-corrected chi connectivity index (χ3v) is 3.65. The zero-order valence-corrected chi connectivity index (χ0v) is 12.4. The molecule has 0 aliphatic heterocycles. The maximum atomic E-state index is 10.2. The molecule has 2 aromatic carbocycles. The van der Waals surface area contributed by atoms with Crippen molar-refractivity contribution in [1.82, 2.24) is 0 Å². The summed E-state index contributed by atoms with van der Waals surface area (Å²) in [6.45, 7) is 1.98. The molecule has 0 aromatic heterocycles. The number of hydrogen-bond acceptors (Lipinski definition) is 1. The fourth-order valence-electron chi connectivity index (χ4n) is 1.90. The molecule has 0 radical (unpaired) electrons. The van der Waals surface area contributed by atoms with Crippen molar-refractivity contribution < 1.29 is 5.11 Å². The molecule has 0 aliphatic rings. The fraction of sp³-hybridized carbons (Fsp3) is 0.200. The van der Waals surface area contributed by atoms with Crippen LogP contribution in [0.25, 0.3) is 0 Å². The van der Waals surface area contributed by atoms with Gasteiger partial charge in [0.15, 0.2) is 0 Å². The minimum atomic E-state index is -0.576. The van der Waals surface area contributed by atoms with Gasteiger partial charge in [-0.3, -0.25) is 0 Å². The average Bonchev–Trinajstić information content (AvgIpc) is 2.28. The van der Waals surface area contributed by atoms with E-state index in [2.05, 4.69) is 15.9 Å². The molecule has 0 saturated carbocycles. The molecule has 0 amide bonds. The molecular weight excluding hydrogens is 312 g/mol. The first kappa shape index (κ1) is 13.6. The number of hydrogen-bond donors (Lipinski definition) is 1. The number of aliphatic hydroxyl groups excluding tert-OH is 1. The second-order valence-corrected chi connectivity index (χ2v) is 5.70. The smallest absolute Gasteiger partial charge is 0.0844 e. The van der Waals surface area contributed by atoms with Crippen molar-refractivity contribution in [1.29, 1.82) is 0 Å². The Balaban J connectivity index is 2.19. The lowest BCUT2D eigenvalue weighted by atomic mass is 10.0. The summed E-state index contributed by atoms with van der Waals surface area (Å²) < 4.78 is 1.02. The molecule has 0 fully saturated rings. The van der Waals surface area contributed by atoms with Crippen LogP contribution in [0.2, 0.25) is 5.02 Å². The molecule has 1 N–H and O–H groups in total. The van der Waals surface area contributed by atoms with E-state index in [-0.39, 0.29) is 0 Å². The largest absolute Gasteiger partial charge is 0.388 e. The molecule has 1 atom stereocenters. The minimum absolute atomic E-state index is 0.558. The van der Waals surface area contributed by atoms with E-state index in [1.807, 2.05) is 49.4 Å². The Morgan fingerprint density at radius 2 is 2.00 bits per heavy atom. The summed E-state index contributed by atoms with van der Waals surface area (Å²) in [6.07, 6.45) is -0.0187. The molecule has 2 aromatic rings. The van der Waals surface area contributed by atoms with Crippen molar-refractivity contribution in [2.45, 2.75) is 19.4 Å². The van der Waals surface area contributed by atoms with Gasteiger partial charge in [-0.15, -0.1) is 0 Å². The van der Waals surface area contributed by atoms with Crippen LogP contribution in [0.4, 0.5) is 0 Å². The molecule has 0 saturated heterocycles. The summed E-state index contributed by atoms with van der Waals surface area (Å²) in [6, 6.07) is 13.7. The lowest BCUT2D eigenvalue weighted by Gasteiger charge is -2.13. The standard InChI is InChI=1S/C15H14BrClO/c1-10-5-6-13(14(17)7-10)15(18)9-11-3-2-4-12(16)8-11/h2-8,15,18H,9H2,1H3. The van der Waals surface area contributed by atoms with Gasteiger partial charge < -0.3 is 5.11 Å². The topological polar surface area (TPSA) is 20.2 Å². The highest BCUT2D eigenvalue weighted by molar-refractivity contribution is 9.10. The van der Waals surface area contributed by atoms with Crippen LogP contribution in [0.1, 0.15) is 22.8 Å². The molecule has 1 nitrogen and oxygen atoms in total. The van der Waals surface area contributed by atoms with Crippen molar-refractivity contribution in [3.8, 4) is 0 Å². The maximum absolute atomic E-state index is 10.2.